The van der Waals surface area contributed by atoms with Crippen molar-refractivity contribution in [3.05, 3.63) is 30.1 Å². The summed E-state index contributed by atoms with van der Waals surface area (Å²) in [6.07, 6.45) is -1.11. The first-order chi connectivity index (χ1) is 9.90. The van der Waals surface area contributed by atoms with Gasteiger partial charge in [-0.2, -0.15) is 0 Å². The fourth-order valence-corrected chi connectivity index (χ4v) is 3.01. The molecule has 1 aromatic heterocycles. The van der Waals surface area contributed by atoms with E-state index in [0.29, 0.717) is 22.5 Å². The summed E-state index contributed by atoms with van der Waals surface area (Å²) in [6, 6.07) is 6.96. The second kappa shape index (κ2) is 6.43. The Balaban J connectivity index is 2.52. The number of rotatable bonds is 5. The molecule has 0 radical (unpaired) electrons. The van der Waals surface area contributed by atoms with Gasteiger partial charge in [-0.15, -0.1) is 0 Å². The van der Waals surface area contributed by atoms with Crippen LogP contribution in [0.2, 0.25) is 0 Å². The SMILES string of the molecule is C[C@@H](C[S@](C)=O)N(C)c1nc(C(F)F)nc2ccccc12. The van der Waals surface area contributed by atoms with Gasteiger partial charge in [0.05, 0.1) is 5.52 Å². The van der Waals surface area contributed by atoms with Crippen molar-refractivity contribution in [2.45, 2.75) is 19.4 Å². The van der Waals surface area contributed by atoms with Gasteiger partial charge in [0.15, 0.2) is 5.82 Å². The number of alkyl halides is 2. The molecule has 21 heavy (non-hydrogen) atoms. The highest BCUT2D eigenvalue weighted by Gasteiger charge is 2.20. The number of benzene rings is 1. The minimum absolute atomic E-state index is 0.0836. The Labute approximate surface area is 124 Å². The largest absolute Gasteiger partial charge is 0.355 e. The van der Waals surface area contributed by atoms with E-state index in [1.54, 1.807) is 36.4 Å². The van der Waals surface area contributed by atoms with Crippen molar-refractivity contribution in [1.82, 2.24) is 9.97 Å². The van der Waals surface area contributed by atoms with Crippen molar-refractivity contribution >= 4 is 27.5 Å². The summed E-state index contributed by atoms with van der Waals surface area (Å²) in [5.74, 6) is 0.396. The Morgan fingerprint density at radius 2 is 1.95 bits per heavy atom. The maximum absolute atomic E-state index is 13.0. The smallest absolute Gasteiger partial charge is 0.297 e. The lowest BCUT2D eigenvalue weighted by Crippen LogP contribution is -2.34. The first-order valence-corrected chi connectivity index (χ1v) is 8.20. The van der Waals surface area contributed by atoms with Crippen molar-refractivity contribution in [2.75, 3.05) is 24.0 Å². The lowest BCUT2D eigenvalue weighted by molar-refractivity contribution is 0.141. The zero-order chi connectivity index (χ0) is 15.6. The molecule has 114 valence electrons. The third-order valence-corrected chi connectivity index (χ3v) is 4.22. The van der Waals surface area contributed by atoms with Crippen LogP contribution in [-0.4, -0.2) is 39.3 Å². The fraction of sp³-hybridized carbons (Fsp3) is 0.429. The normalized spacial score (nSPS) is 14.4. The molecular formula is C14H17F2N3OS. The standard InChI is InChI=1S/C14H17F2N3OS/c1-9(8-21(3)20)19(2)14-10-6-4-5-7-11(10)17-13(18-14)12(15)16/h4-7,9,12H,8H2,1-3H3/t9-,21-/m0/s1. The van der Waals surface area contributed by atoms with Crippen LogP contribution < -0.4 is 4.90 Å². The Hall–Kier alpha value is -1.63. The molecule has 2 atom stereocenters. The monoisotopic (exact) mass is 313 g/mol. The zero-order valence-corrected chi connectivity index (χ0v) is 12.9. The second-order valence-electron chi connectivity index (χ2n) is 4.92. The van der Waals surface area contributed by atoms with Gasteiger partial charge in [-0.05, 0) is 19.1 Å². The minimum atomic E-state index is -2.72. The number of halogens is 2. The molecule has 0 unspecified atom stereocenters. The highest BCUT2D eigenvalue weighted by Crippen LogP contribution is 2.27. The van der Waals surface area contributed by atoms with Gasteiger partial charge in [-0.3, -0.25) is 4.21 Å². The van der Waals surface area contributed by atoms with Crippen molar-refractivity contribution in [3.63, 3.8) is 0 Å². The maximum Gasteiger partial charge on any atom is 0.297 e. The van der Waals surface area contributed by atoms with Crippen LogP contribution in [0.25, 0.3) is 10.9 Å². The molecule has 0 saturated carbocycles. The number of nitrogens with zero attached hydrogens (tertiary/aromatic N) is 3. The number of hydrogen-bond acceptors (Lipinski definition) is 4. The fourth-order valence-electron chi connectivity index (χ4n) is 2.10. The molecule has 0 N–H and O–H groups in total. The molecular weight excluding hydrogens is 296 g/mol. The Bertz CT molecular complexity index is 666. The zero-order valence-electron chi connectivity index (χ0n) is 12.1. The van der Waals surface area contributed by atoms with Crippen molar-refractivity contribution in [1.29, 1.82) is 0 Å². The van der Waals surface area contributed by atoms with Crippen LogP contribution in [-0.2, 0) is 10.8 Å². The van der Waals surface area contributed by atoms with E-state index in [1.807, 2.05) is 13.0 Å². The van der Waals surface area contributed by atoms with Gasteiger partial charge in [-0.25, -0.2) is 18.7 Å². The molecule has 7 heteroatoms. The quantitative estimate of drug-likeness (QED) is 0.851. The van der Waals surface area contributed by atoms with Crippen LogP contribution >= 0.6 is 0 Å². The predicted molar refractivity (Wildman–Crippen MR) is 81.3 cm³/mol. The summed E-state index contributed by atoms with van der Waals surface area (Å²) in [4.78, 5) is 9.66. The first kappa shape index (κ1) is 15.8. The van der Waals surface area contributed by atoms with E-state index in [9.17, 15) is 13.0 Å². The van der Waals surface area contributed by atoms with E-state index in [-0.39, 0.29) is 6.04 Å². The van der Waals surface area contributed by atoms with E-state index in [0.717, 1.165) is 0 Å². The topological polar surface area (TPSA) is 46.1 Å². The van der Waals surface area contributed by atoms with Crippen LogP contribution in [0.1, 0.15) is 19.2 Å². The summed E-state index contributed by atoms with van der Waals surface area (Å²) in [5.41, 5.74) is 0.481. The molecule has 1 heterocycles. The van der Waals surface area contributed by atoms with Gasteiger partial charge in [0.25, 0.3) is 6.43 Å². The van der Waals surface area contributed by atoms with Crippen LogP contribution in [0.5, 0.6) is 0 Å². The van der Waals surface area contributed by atoms with Gasteiger partial charge in [-0.1, -0.05) is 12.1 Å². The Morgan fingerprint density at radius 3 is 2.57 bits per heavy atom. The first-order valence-electron chi connectivity index (χ1n) is 6.48. The molecule has 2 aromatic rings. The number of para-hydroxylation sites is 1. The van der Waals surface area contributed by atoms with Crippen LogP contribution in [0, 0.1) is 0 Å². The van der Waals surface area contributed by atoms with Crippen LogP contribution in [0.4, 0.5) is 14.6 Å². The van der Waals surface area contributed by atoms with E-state index >= 15 is 0 Å². The summed E-state index contributed by atoms with van der Waals surface area (Å²) >= 11 is 0. The average molecular weight is 313 g/mol. The van der Waals surface area contributed by atoms with E-state index in [4.69, 9.17) is 0 Å². The summed E-state index contributed by atoms with van der Waals surface area (Å²) in [7, 11) is 0.794. The summed E-state index contributed by atoms with van der Waals surface area (Å²) in [5, 5.41) is 0.707. The number of aromatic nitrogens is 2. The average Bonchev–Trinajstić information content (AvgIpc) is 2.44. The van der Waals surface area contributed by atoms with Gasteiger partial charge in [0.2, 0.25) is 0 Å². The molecule has 0 amide bonds. The number of fused-ring (bicyclic) bond motifs is 1. The lowest BCUT2D eigenvalue weighted by atomic mass is 10.2. The third kappa shape index (κ3) is 3.53. The number of anilines is 1. The maximum atomic E-state index is 13.0. The van der Waals surface area contributed by atoms with Gasteiger partial charge in [0, 0.05) is 41.3 Å². The summed E-state index contributed by atoms with van der Waals surface area (Å²) in [6.45, 7) is 1.89. The van der Waals surface area contributed by atoms with Crippen LogP contribution in [0.3, 0.4) is 0 Å². The van der Waals surface area contributed by atoms with E-state index in [2.05, 4.69) is 9.97 Å². The summed E-state index contributed by atoms with van der Waals surface area (Å²) < 4.78 is 37.3. The molecule has 0 aliphatic rings. The van der Waals surface area contributed by atoms with Crippen molar-refractivity contribution < 1.29 is 13.0 Å². The van der Waals surface area contributed by atoms with E-state index in [1.165, 1.54) is 0 Å². The highest BCUT2D eigenvalue weighted by atomic mass is 32.2. The molecule has 0 aliphatic carbocycles. The highest BCUT2D eigenvalue weighted by molar-refractivity contribution is 7.84. The molecule has 4 nitrogen and oxygen atoms in total. The van der Waals surface area contributed by atoms with E-state index < -0.39 is 23.0 Å². The third-order valence-electron chi connectivity index (χ3n) is 3.27. The van der Waals surface area contributed by atoms with Crippen molar-refractivity contribution in [3.8, 4) is 0 Å². The minimum Gasteiger partial charge on any atom is -0.355 e. The van der Waals surface area contributed by atoms with Gasteiger partial charge in [0.1, 0.15) is 5.82 Å². The Kier molecular flexibility index (Phi) is 4.82. The molecule has 0 saturated heterocycles. The molecule has 2 rings (SSSR count). The predicted octanol–water partition coefficient (Wildman–Crippen LogP) is 2.77. The molecule has 1 aromatic carbocycles. The molecule has 0 fully saturated rings. The molecule has 0 aliphatic heterocycles. The second-order valence-corrected chi connectivity index (χ2v) is 6.40. The van der Waals surface area contributed by atoms with Crippen LogP contribution in [0.15, 0.2) is 24.3 Å². The number of hydrogen-bond donors (Lipinski definition) is 0. The van der Waals surface area contributed by atoms with Crippen molar-refractivity contribution in [2.24, 2.45) is 0 Å². The van der Waals surface area contributed by atoms with Gasteiger partial charge >= 0.3 is 0 Å². The van der Waals surface area contributed by atoms with Gasteiger partial charge < -0.3 is 4.90 Å². The lowest BCUT2D eigenvalue weighted by Gasteiger charge is -2.26. The molecule has 0 spiro atoms. The Morgan fingerprint density at radius 1 is 1.29 bits per heavy atom. The molecule has 0 bridgehead atoms.